The molecule has 2 aliphatic rings. The van der Waals surface area contributed by atoms with Gasteiger partial charge in [-0.3, -0.25) is 4.98 Å². The van der Waals surface area contributed by atoms with Gasteiger partial charge in [-0.05, 0) is 43.2 Å². The highest BCUT2D eigenvalue weighted by atomic mass is 16.1. The molecule has 1 aromatic heterocycles. The van der Waals surface area contributed by atoms with Crippen molar-refractivity contribution in [3.63, 3.8) is 0 Å². The average Bonchev–Trinajstić information content (AvgIpc) is 2.83. The van der Waals surface area contributed by atoms with E-state index in [1.54, 1.807) is 0 Å². The molecule has 0 saturated heterocycles. The van der Waals surface area contributed by atoms with Gasteiger partial charge < -0.3 is 10.5 Å². The predicted molar refractivity (Wildman–Crippen MR) is 57.8 cm³/mol. The molecular formula is C12H14N2O. The van der Waals surface area contributed by atoms with Crippen LogP contribution in [0.15, 0.2) is 0 Å². The number of anilines is 1. The number of fused-ring (bicyclic) bond motifs is 2. The van der Waals surface area contributed by atoms with Gasteiger partial charge in [0, 0.05) is 11.4 Å². The van der Waals surface area contributed by atoms with Crippen LogP contribution < -0.4 is 5.73 Å². The van der Waals surface area contributed by atoms with E-state index in [1.807, 2.05) is 0 Å². The molecule has 3 rings (SSSR count). The summed E-state index contributed by atoms with van der Waals surface area (Å²) in [7, 11) is 0. The molecule has 78 valence electrons. The maximum Gasteiger partial charge on any atom is 0.129 e. The summed E-state index contributed by atoms with van der Waals surface area (Å²) in [5.41, 5.74) is 11.6. The largest absolute Gasteiger partial charge is 0.398 e. The lowest BCUT2D eigenvalue weighted by atomic mass is 10.0. The molecule has 0 fully saturated rings. The fourth-order valence-corrected chi connectivity index (χ4v) is 2.81. The van der Waals surface area contributed by atoms with Gasteiger partial charge in [0.15, 0.2) is 0 Å². The van der Waals surface area contributed by atoms with Gasteiger partial charge in [0.2, 0.25) is 0 Å². The minimum absolute atomic E-state index is 0.00630. The third kappa shape index (κ3) is 1.12. The standard InChI is InChI=1S/C12H14N2O/c13-11-8-2-1-3-10(8)14-12-7(6-15)4-5-9(11)12/h6-7H,1-5H2,(H2,13,14). The number of hydrogen-bond donors (Lipinski definition) is 1. The molecule has 1 atom stereocenters. The first-order valence-electron chi connectivity index (χ1n) is 5.56. The Bertz CT molecular complexity index is 440. The van der Waals surface area contributed by atoms with Crippen LogP contribution in [-0.4, -0.2) is 11.3 Å². The highest BCUT2D eigenvalue weighted by Crippen LogP contribution is 2.38. The van der Waals surface area contributed by atoms with Crippen molar-refractivity contribution in [2.45, 2.75) is 38.0 Å². The maximum atomic E-state index is 10.9. The van der Waals surface area contributed by atoms with E-state index in [2.05, 4.69) is 4.98 Å². The fraction of sp³-hybridized carbons (Fsp3) is 0.500. The first-order chi connectivity index (χ1) is 7.31. The normalized spacial score (nSPS) is 22.5. The predicted octanol–water partition coefficient (Wildman–Crippen LogP) is 1.38. The van der Waals surface area contributed by atoms with Crippen LogP contribution >= 0.6 is 0 Å². The molecule has 0 spiro atoms. The number of carbonyl (C=O) groups excluding carboxylic acids is 1. The van der Waals surface area contributed by atoms with Gasteiger partial charge in [-0.15, -0.1) is 0 Å². The molecule has 1 unspecified atom stereocenters. The molecule has 0 bridgehead atoms. The summed E-state index contributed by atoms with van der Waals surface area (Å²) in [6.45, 7) is 0. The van der Waals surface area contributed by atoms with Crippen molar-refractivity contribution in [3.8, 4) is 0 Å². The van der Waals surface area contributed by atoms with Crippen molar-refractivity contribution in [1.82, 2.24) is 4.98 Å². The number of rotatable bonds is 1. The van der Waals surface area contributed by atoms with E-state index in [-0.39, 0.29) is 5.92 Å². The number of nitrogens with zero attached hydrogens (tertiary/aromatic N) is 1. The summed E-state index contributed by atoms with van der Waals surface area (Å²) in [4.78, 5) is 15.5. The summed E-state index contributed by atoms with van der Waals surface area (Å²) in [6.07, 6.45) is 6.07. The van der Waals surface area contributed by atoms with Gasteiger partial charge in [0.25, 0.3) is 0 Å². The van der Waals surface area contributed by atoms with Crippen molar-refractivity contribution >= 4 is 12.0 Å². The lowest BCUT2D eigenvalue weighted by Gasteiger charge is -2.10. The van der Waals surface area contributed by atoms with Crippen LogP contribution in [0.5, 0.6) is 0 Å². The van der Waals surface area contributed by atoms with Crippen molar-refractivity contribution in [3.05, 3.63) is 22.5 Å². The molecule has 0 saturated carbocycles. The fourth-order valence-electron chi connectivity index (χ4n) is 2.81. The Kier molecular flexibility index (Phi) is 1.81. The SMILES string of the molecule is Nc1c2c(nc3c1CCC3C=O)CCC2. The molecule has 1 heterocycles. The van der Waals surface area contributed by atoms with Crippen LogP contribution in [0.2, 0.25) is 0 Å². The van der Waals surface area contributed by atoms with Crippen LogP contribution in [0.4, 0.5) is 5.69 Å². The first kappa shape index (κ1) is 8.89. The quantitative estimate of drug-likeness (QED) is 0.700. The van der Waals surface area contributed by atoms with E-state index in [0.29, 0.717) is 0 Å². The number of nitrogen functional groups attached to an aromatic ring is 1. The van der Waals surface area contributed by atoms with Crippen LogP contribution in [0, 0.1) is 0 Å². The number of nitrogens with two attached hydrogens (primary N) is 1. The number of carbonyl (C=O) groups is 1. The highest BCUT2D eigenvalue weighted by Gasteiger charge is 2.29. The monoisotopic (exact) mass is 202 g/mol. The van der Waals surface area contributed by atoms with Gasteiger partial charge in [-0.1, -0.05) is 0 Å². The summed E-state index contributed by atoms with van der Waals surface area (Å²) in [6, 6.07) is 0. The maximum absolute atomic E-state index is 10.9. The molecule has 2 N–H and O–H groups in total. The number of hydrogen-bond acceptors (Lipinski definition) is 3. The Morgan fingerprint density at radius 2 is 2.13 bits per heavy atom. The van der Waals surface area contributed by atoms with Crippen molar-refractivity contribution in [2.75, 3.05) is 5.73 Å². The second-order valence-electron chi connectivity index (χ2n) is 4.45. The Balaban J connectivity index is 2.21. The molecular weight excluding hydrogens is 188 g/mol. The topological polar surface area (TPSA) is 56.0 Å². The lowest BCUT2D eigenvalue weighted by molar-refractivity contribution is -0.109. The van der Waals surface area contributed by atoms with E-state index >= 15 is 0 Å². The number of aldehydes is 1. The molecule has 0 aliphatic heterocycles. The number of aryl methyl sites for hydroxylation is 1. The van der Waals surface area contributed by atoms with Crippen LogP contribution in [-0.2, 0) is 24.1 Å². The molecule has 15 heavy (non-hydrogen) atoms. The van der Waals surface area contributed by atoms with Gasteiger partial charge in [0.1, 0.15) is 6.29 Å². The number of pyridine rings is 1. The smallest absolute Gasteiger partial charge is 0.129 e. The molecule has 2 aliphatic carbocycles. The summed E-state index contributed by atoms with van der Waals surface area (Å²) >= 11 is 0. The molecule has 0 aromatic carbocycles. The van der Waals surface area contributed by atoms with E-state index in [0.717, 1.165) is 61.0 Å². The molecule has 0 radical (unpaired) electrons. The third-order valence-corrected chi connectivity index (χ3v) is 3.62. The zero-order chi connectivity index (χ0) is 10.4. The van der Waals surface area contributed by atoms with Crippen molar-refractivity contribution in [1.29, 1.82) is 0 Å². The summed E-state index contributed by atoms with van der Waals surface area (Å²) in [5, 5.41) is 0. The molecule has 1 aromatic rings. The summed E-state index contributed by atoms with van der Waals surface area (Å²) in [5.74, 6) is -0.00630. The van der Waals surface area contributed by atoms with Crippen molar-refractivity contribution < 1.29 is 4.79 Å². The number of aromatic nitrogens is 1. The van der Waals surface area contributed by atoms with Gasteiger partial charge in [-0.25, -0.2) is 0 Å². The summed E-state index contributed by atoms with van der Waals surface area (Å²) < 4.78 is 0. The van der Waals surface area contributed by atoms with E-state index in [1.165, 1.54) is 5.56 Å². The van der Waals surface area contributed by atoms with E-state index in [9.17, 15) is 4.79 Å². The van der Waals surface area contributed by atoms with Crippen LogP contribution in [0.3, 0.4) is 0 Å². The second-order valence-corrected chi connectivity index (χ2v) is 4.45. The third-order valence-electron chi connectivity index (χ3n) is 3.62. The minimum Gasteiger partial charge on any atom is -0.398 e. The Morgan fingerprint density at radius 1 is 1.27 bits per heavy atom. The Hall–Kier alpha value is -1.38. The Morgan fingerprint density at radius 3 is 2.93 bits per heavy atom. The first-order valence-corrected chi connectivity index (χ1v) is 5.56. The van der Waals surface area contributed by atoms with Crippen molar-refractivity contribution in [2.24, 2.45) is 0 Å². The molecule has 3 heteroatoms. The van der Waals surface area contributed by atoms with Gasteiger partial charge in [0.05, 0.1) is 11.6 Å². The Labute approximate surface area is 88.7 Å². The van der Waals surface area contributed by atoms with Gasteiger partial charge >= 0.3 is 0 Å². The van der Waals surface area contributed by atoms with Crippen LogP contribution in [0.1, 0.15) is 41.3 Å². The zero-order valence-electron chi connectivity index (χ0n) is 8.62. The molecule has 3 nitrogen and oxygen atoms in total. The van der Waals surface area contributed by atoms with E-state index in [4.69, 9.17) is 5.73 Å². The minimum atomic E-state index is -0.00630. The highest BCUT2D eigenvalue weighted by molar-refractivity contribution is 5.69. The zero-order valence-corrected chi connectivity index (χ0v) is 8.62. The molecule has 0 amide bonds. The second kappa shape index (κ2) is 3.05. The average molecular weight is 202 g/mol. The van der Waals surface area contributed by atoms with Crippen LogP contribution in [0.25, 0.3) is 0 Å². The van der Waals surface area contributed by atoms with E-state index < -0.39 is 0 Å². The van der Waals surface area contributed by atoms with Gasteiger partial charge in [-0.2, -0.15) is 0 Å². The lowest BCUT2D eigenvalue weighted by Crippen LogP contribution is -2.05.